The van der Waals surface area contributed by atoms with Gasteiger partial charge in [-0.3, -0.25) is 0 Å². The van der Waals surface area contributed by atoms with Crippen LogP contribution in [0, 0.1) is 0 Å². The lowest BCUT2D eigenvalue weighted by Crippen LogP contribution is -2.13. The molecule has 1 aliphatic rings. The standard InChI is InChI=1S/C22H22O3/c1-23-18-12-11-17-20-15(13-19(24-2)22(17)25-3)9-10-16(21(18)20)14-7-5-4-6-8-14/h4-10,13,18H,11-12H2,1-3H3. The van der Waals surface area contributed by atoms with E-state index in [-0.39, 0.29) is 6.10 Å². The zero-order valence-electron chi connectivity index (χ0n) is 14.8. The van der Waals surface area contributed by atoms with Crippen molar-refractivity contribution in [3.05, 3.63) is 59.7 Å². The van der Waals surface area contributed by atoms with E-state index in [4.69, 9.17) is 14.2 Å². The van der Waals surface area contributed by atoms with Crippen LogP contribution in [0.1, 0.15) is 23.7 Å². The van der Waals surface area contributed by atoms with E-state index in [9.17, 15) is 0 Å². The smallest absolute Gasteiger partial charge is 0.164 e. The van der Waals surface area contributed by atoms with Crippen molar-refractivity contribution in [1.82, 2.24) is 0 Å². The van der Waals surface area contributed by atoms with Gasteiger partial charge in [0, 0.05) is 12.7 Å². The minimum Gasteiger partial charge on any atom is -0.493 e. The number of benzene rings is 3. The maximum Gasteiger partial charge on any atom is 0.164 e. The van der Waals surface area contributed by atoms with Gasteiger partial charge in [-0.05, 0) is 46.4 Å². The molecule has 0 fully saturated rings. The molecule has 4 rings (SSSR count). The fraction of sp³-hybridized carbons (Fsp3) is 0.273. The molecule has 1 aliphatic carbocycles. The Morgan fingerprint density at radius 2 is 1.72 bits per heavy atom. The summed E-state index contributed by atoms with van der Waals surface area (Å²) in [5.74, 6) is 1.63. The Morgan fingerprint density at radius 3 is 2.40 bits per heavy atom. The predicted octanol–water partition coefficient (Wildman–Crippen LogP) is 5.16. The van der Waals surface area contributed by atoms with Gasteiger partial charge in [0.2, 0.25) is 0 Å². The summed E-state index contributed by atoms with van der Waals surface area (Å²) in [7, 11) is 5.20. The normalized spacial score (nSPS) is 16.0. The van der Waals surface area contributed by atoms with Crippen molar-refractivity contribution in [3.63, 3.8) is 0 Å². The van der Waals surface area contributed by atoms with E-state index < -0.39 is 0 Å². The highest BCUT2D eigenvalue weighted by atomic mass is 16.5. The van der Waals surface area contributed by atoms with Crippen LogP contribution in [0.25, 0.3) is 21.9 Å². The van der Waals surface area contributed by atoms with E-state index >= 15 is 0 Å². The molecule has 25 heavy (non-hydrogen) atoms. The summed E-state index contributed by atoms with van der Waals surface area (Å²) in [6.45, 7) is 0. The van der Waals surface area contributed by atoms with E-state index in [1.165, 1.54) is 33.0 Å². The van der Waals surface area contributed by atoms with Crippen molar-refractivity contribution in [2.75, 3.05) is 21.3 Å². The second kappa shape index (κ2) is 6.41. The lowest BCUT2D eigenvalue weighted by Gasteiger charge is -2.29. The SMILES string of the molecule is COc1cc2ccc(-c3ccccc3)c3c2c(c1OC)CCC3OC. The number of aryl methyl sites for hydroxylation is 1. The molecule has 0 N–H and O–H groups in total. The summed E-state index contributed by atoms with van der Waals surface area (Å²) in [5, 5.41) is 2.42. The molecular weight excluding hydrogens is 312 g/mol. The molecule has 3 aromatic rings. The van der Waals surface area contributed by atoms with Gasteiger partial charge in [0.15, 0.2) is 11.5 Å². The maximum atomic E-state index is 5.86. The first-order valence-electron chi connectivity index (χ1n) is 8.57. The van der Waals surface area contributed by atoms with Crippen molar-refractivity contribution in [2.45, 2.75) is 18.9 Å². The second-order valence-corrected chi connectivity index (χ2v) is 6.34. The zero-order chi connectivity index (χ0) is 17.4. The number of rotatable bonds is 4. The molecule has 0 amide bonds. The monoisotopic (exact) mass is 334 g/mol. The number of hydrogen-bond acceptors (Lipinski definition) is 3. The van der Waals surface area contributed by atoms with Crippen LogP contribution in [0.2, 0.25) is 0 Å². The van der Waals surface area contributed by atoms with Gasteiger partial charge in [-0.1, -0.05) is 42.5 Å². The highest BCUT2D eigenvalue weighted by Crippen LogP contribution is 2.48. The van der Waals surface area contributed by atoms with Crippen molar-refractivity contribution in [3.8, 4) is 22.6 Å². The zero-order valence-corrected chi connectivity index (χ0v) is 14.8. The van der Waals surface area contributed by atoms with E-state index in [2.05, 4.69) is 42.5 Å². The molecule has 3 nitrogen and oxygen atoms in total. The fourth-order valence-corrected chi connectivity index (χ4v) is 4.04. The van der Waals surface area contributed by atoms with E-state index in [0.29, 0.717) is 0 Å². The Bertz CT molecular complexity index is 916. The molecule has 3 aromatic carbocycles. The average molecular weight is 334 g/mol. The average Bonchev–Trinajstić information content (AvgIpc) is 2.68. The van der Waals surface area contributed by atoms with Crippen molar-refractivity contribution < 1.29 is 14.2 Å². The maximum absolute atomic E-state index is 5.86. The van der Waals surface area contributed by atoms with Crippen molar-refractivity contribution in [2.24, 2.45) is 0 Å². The second-order valence-electron chi connectivity index (χ2n) is 6.34. The molecule has 3 heteroatoms. The summed E-state index contributed by atoms with van der Waals surface area (Å²) >= 11 is 0. The van der Waals surface area contributed by atoms with Gasteiger partial charge in [0.25, 0.3) is 0 Å². The summed E-state index contributed by atoms with van der Waals surface area (Å²) < 4.78 is 17.1. The van der Waals surface area contributed by atoms with Crippen LogP contribution in [-0.4, -0.2) is 21.3 Å². The van der Waals surface area contributed by atoms with Crippen LogP contribution in [-0.2, 0) is 11.2 Å². The van der Waals surface area contributed by atoms with Gasteiger partial charge in [0.05, 0.1) is 20.3 Å². The molecule has 0 spiro atoms. The largest absolute Gasteiger partial charge is 0.493 e. The third-order valence-electron chi connectivity index (χ3n) is 5.14. The third kappa shape index (κ3) is 2.47. The summed E-state index contributed by atoms with van der Waals surface area (Å²) in [5.41, 5.74) is 4.92. The summed E-state index contributed by atoms with van der Waals surface area (Å²) in [4.78, 5) is 0. The molecule has 0 saturated heterocycles. The van der Waals surface area contributed by atoms with Crippen LogP contribution < -0.4 is 9.47 Å². The first-order valence-corrected chi connectivity index (χ1v) is 8.57. The molecule has 0 radical (unpaired) electrons. The van der Waals surface area contributed by atoms with Gasteiger partial charge < -0.3 is 14.2 Å². The van der Waals surface area contributed by atoms with Crippen LogP contribution in [0.4, 0.5) is 0 Å². The Balaban J connectivity index is 2.10. The van der Waals surface area contributed by atoms with Crippen LogP contribution in [0.3, 0.4) is 0 Å². The molecule has 0 aliphatic heterocycles. The van der Waals surface area contributed by atoms with E-state index in [1.54, 1.807) is 21.3 Å². The molecule has 1 atom stereocenters. The van der Waals surface area contributed by atoms with Gasteiger partial charge in [-0.25, -0.2) is 0 Å². The highest BCUT2D eigenvalue weighted by molar-refractivity contribution is 5.98. The Morgan fingerprint density at radius 1 is 0.920 bits per heavy atom. The summed E-state index contributed by atoms with van der Waals surface area (Å²) in [6, 6.07) is 16.9. The van der Waals surface area contributed by atoms with Gasteiger partial charge >= 0.3 is 0 Å². The van der Waals surface area contributed by atoms with Gasteiger partial charge in [0.1, 0.15) is 0 Å². The minimum absolute atomic E-state index is 0.0875. The predicted molar refractivity (Wildman–Crippen MR) is 101 cm³/mol. The fourth-order valence-electron chi connectivity index (χ4n) is 4.04. The van der Waals surface area contributed by atoms with Crippen molar-refractivity contribution >= 4 is 10.8 Å². The summed E-state index contributed by atoms with van der Waals surface area (Å²) in [6.07, 6.45) is 1.94. The van der Waals surface area contributed by atoms with E-state index in [0.717, 1.165) is 24.3 Å². The van der Waals surface area contributed by atoms with Crippen LogP contribution >= 0.6 is 0 Å². The quantitative estimate of drug-likeness (QED) is 0.660. The first kappa shape index (κ1) is 16.0. The number of methoxy groups -OCH3 is 3. The van der Waals surface area contributed by atoms with Crippen LogP contribution in [0.5, 0.6) is 11.5 Å². The van der Waals surface area contributed by atoms with Gasteiger partial charge in [-0.2, -0.15) is 0 Å². The van der Waals surface area contributed by atoms with Crippen molar-refractivity contribution in [1.29, 1.82) is 0 Å². The number of hydrogen-bond donors (Lipinski definition) is 0. The Kier molecular flexibility index (Phi) is 4.10. The first-order chi connectivity index (χ1) is 12.3. The van der Waals surface area contributed by atoms with E-state index in [1.807, 2.05) is 6.07 Å². The molecule has 1 unspecified atom stereocenters. The molecule has 0 bridgehead atoms. The molecule has 0 heterocycles. The number of ether oxygens (including phenoxy) is 3. The third-order valence-corrected chi connectivity index (χ3v) is 5.14. The van der Waals surface area contributed by atoms with Crippen LogP contribution in [0.15, 0.2) is 48.5 Å². The highest BCUT2D eigenvalue weighted by Gasteiger charge is 2.28. The molecule has 0 aromatic heterocycles. The lowest BCUT2D eigenvalue weighted by molar-refractivity contribution is 0.0953. The molecule has 128 valence electrons. The minimum atomic E-state index is 0.0875. The molecular formula is C22H22O3. The topological polar surface area (TPSA) is 27.7 Å². The Hall–Kier alpha value is -2.52. The molecule has 0 saturated carbocycles. The lowest BCUT2D eigenvalue weighted by atomic mass is 9.81. The van der Waals surface area contributed by atoms with Gasteiger partial charge in [-0.15, -0.1) is 0 Å². The Labute approximate surface area is 148 Å².